The van der Waals surface area contributed by atoms with Crippen molar-refractivity contribution >= 4 is 51.6 Å². The van der Waals surface area contributed by atoms with Crippen LogP contribution < -0.4 is 0 Å². The second kappa shape index (κ2) is 15.5. The number of halogens is 3. The van der Waals surface area contributed by atoms with Crippen LogP contribution in [0.4, 0.5) is 4.39 Å². The van der Waals surface area contributed by atoms with Gasteiger partial charge in [-0.3, -0.25) is 7.91 Å². The number of hydrogen-bond acceptors (Lipinski definition) is 5. The standard InChI is InChI=1S/C18H35FI2N2O4/c1-15(2)22(20)7-9-26-11-13-27-12-10-25-8-6-16(19)14-23(21)17(24)18(3,4)5/h15-16H,6-14H2,1-5H3. The Morgan fingerprint density at radius 1 is 0.963 bits per heavy atom. The molecule has 0 bridgehead atoms. The van der Waals surface area contributed by atoms with E-state index in [-0.39, 0.29) is 18.9 Å². The summed E-state index contributed by atoms with van der Waals surface area (Å²) < 4.78 is 33.8. The minimum Gasteiger partial charge on any atom is -0.379 e. The number of carbonyl (C=O) groups is 1. The zero-order chi connectivity index (χ0) is 20.9. The fraction of sp³-hybridized carbons (Fsp3) is 0.944. The van der Waals surface area contributed by atoms with Crippen molar-refractivity contribution in [3.05, 3.63) is 0 Å². The number of nitrogens with zero attached hydrogens (tertiary/aromatic N) is 2. The molecule has 6 nitrogen and oxygen atoms in total. The van der Waals surface area contributed by atoms with Gasteiger partial charge in [0.15, 0.2) is 0 Å². The Kier molecular flexibility index (Phi) is 15.9. The lowest BCUT2D eigenvalue weighted by Crippen LogP contribution is -2.36. The topological polar surface area (TPSA) is 51.2 Å². The van der Waals surface area contributed by atoms with Crippen molar-refractivity contribution in [1.29, 1.82) is 0 Å². The van der Waals surface area contributed by atoms with Crippen LogP contribution in [-0.4, -0.2) is 77.1 Å². The number of rotatable bonds is 15. The van der Waals surface area contributed by atoms with Gasteiger partial charge in [0, 0.05) is 53.9 Å². The van der Waals surface area contributed by atoms with Gasteiger partial charge in [0.1, 0.15) is 6.17 Å². The van der Waals surface area contributed by atoms with Crippen LogP contribution in [0.15, 0.2) is 0 Å². The predicted octanol–water partition coefficient (Wildman–Crippen LogP) is 4.05. The average molecular weight is 616 g/mol. The van der Waals surface area contributed by atoms with Gasteiger partial charge in [0.05, 0.1) is 62.4 Å². The van der Waals surface area contributed by atoms with E-state index in [1.165, 1.54) is 3.11 Å². The van der Waals surface area contributed by atoms with Crippen LogP contribution in [0.3, 0.4) is 0 Å². The zero-order valence-electron chi connectivity index (χ0n) is 17.2. The highest BCUT2D eigenvalue weighted by Gasteiger charge is 2.27. The maximum atomic E-state index is 13.9. The Morgan fingerprint density at radius 3 is 1.93 bits per heavy atom. The van der Waals surface area contributed by atoms with Crippen molar-refractivity contribution in [2.75, 3.05) is 52.7 Å². The van der Waals surface area contributed by atoms with Crippen molar-refractivity contribution in [3.8, 4) is 0 Å². The fourth-order valence-corrected chi connectivity index (χ4v) is 3.22. The normalized spacial score (nSPS) is 13.4. The molecule has 1 atom stereocenters. The van der Waals surface area contributed by atoms with E-state index in [2.05, 4.69) is 39.8 Å². The van der Waals surface area contributed by atoms with Gasteiger partial charge in [-0.05, 0) is 13.8 Å². The lowest BCUT2D eigenvalue weighted by atomic mass is 9.96. The molecule has 0 aliphatic heterocycles. The number of ether oxygens (including phenoxy) is 3. The van der Waals surface area contributed by atoms with Gasteiger partial charge >= 0.3 is 0 Å². The molecule has 1 unspecified atom stereocenters. The summed E-state index contributed by atoms with van der Waals surface area (Å²) in [5.41, 5.74) is -0.498. The summed E-state index contributed by atoms with van der Waals surface area (Å²) in [5, 5.41) is 0. The monoisotopic (exact) mass is 616 g/mol. The third-order valence-corrected chi connectivity index (χ3v) is 5.98. The van der Waals surface area contributed by atoms with Gasteiger partial charge in [-0.25, -0.2) is 7.50 Å². The largest absolute Gasteiger partial charge is 0.379 e. The Hall–Kier alpha value is 0.700. The van der Waals surface area contributed by atoms with Crippen LogP contribution in [0.2, 0.25) is 0 Å². The molecule has 162 valence electrons. The van der Waals surface area contributed by atoms with E-state index in [1.54, 1.807) is 0 Å². The van der Waals surface area contributed by atoms with E-state index < -0.39 is 11.6 Å². The molecule has 27 heavy (non-hydrogen) atoms. The second-order valence-corrected chi connectivity index (χ2v) is 9.94. The van der Waals surface area contributed by atoms with Crippen molar-refractivity contribution < 1.29 is 23.4 Å². The van der Waals surface area contributed by atoms with E-state index in [9.17, 15) is 9.18 Å². The highest BCUT2D eigenvalue weighted by molar-refractivity contribution is 14.1. The van der Waals surface area contributed by atoms with Gasteiger partial charge in [-0.1, -0.05) is 20.8 Å². The Balaban J connectivity index is 3.50. The number of carbonyl (C=O) groups excluding carboxylic acids is 1. The molecule has 0 N–H and O–H groups in total. The molecular weight excluding hydrogens is 581 g/mol. The molecule has 0 aromatic heterocycles. The van der Waals surface area contributed by atoms with E-state index in [0.29, 0.717) is 45.7 Å². The Morgan fingerprint density at radius 2 is 1.44 bits per heavy atom. The van der Waals surface area contributed by atoms with Crippen LogP contribution in [0.5, 0.6) is 0 Å². The number of amides is 1. The molecule has 0 aromatic rings. The molecule has 0 spiro atoms. The first-order valence-corrected chi connectivity index (χ1v) is 11.3. The summed E-state index contributed by atoms with van der Waals surface area (Å²) in [6.45, 7) is 13.7. The minimum absolute atomic E-state index is 0.0716. The third kappa shape index (κ3) is 15.2. The van der Waals surface area contributed by atoms with Crippen molar-refractivity contribution in [2.45, 2.75) is 53.3 Å². The average Bonchev–Trinajstić information content (AvgIpc) is 2.57. The molecule has 1 amide bonds. The number of alkyl halides is 1. The molecule has 0 aliphatic rings. The Bertz CT molecular complexity index is 398. The minimum atomic E-state index is -1.09. The van der Waals surface area contributed by atoms with Gasteiger partial charge < -0.3 is 14.2 Å². The van der Waals surface area contributed by atoms with E-state index in [1.807, 2.05) is 43.6 Å². The SMILES string of the molecule is CC(C)N(I)CCOCCOCCOCCC(F)CN(I)C(=O)C(C)(C)C. The summed E-state index contributed by atoms with van der Waals surface area (Å²) in [7, 11) is 0. The quantitative estimate of drug-likeness (QED) is 0.158. The maximum absolute atomic E-state index is 13.9. The molecule has 0 heterocycles. The van der Waals surface area contributed by atoms with Crippen LogP contribution in [0, 0.1) is 5.41 Å². The smallest absolute Gasteiger partial charge is 0.236 e. The Labute approximate surface area is 191 Å². The lowest BCUT2D eigenvalue weighted by molar-refractivity contribution is -0.133. The highest BCUT2D eigenvalue weighted by Crippen LogP contribution is 2.21. The first-order valence-electron chi connectivity index (χ1n) is 9.33. The lowest BCUT2D eigenvalue weighted by Gasteiger charge is -2.25. The summed E-state index contributed by atoms with van der Waals surface area (Å²) in [6, 6.07) is 0.505. The molecule has 0 aromatic carbocycles. The fourth-order valence-electron chi connectivity index (χ4n) is 1.88. The van der Waals surface area contributed by atoms with Crippen molar-refractivity contribution in [3.63, 3.8) is 0 Å². The predicted molar refractivity (Wildman–Crippen MR) is 123 cm³/mol. The first kappa shape index (κ1) is 27.7. The number of hydrogen-bond donors (Lipinski definition) is 0. The van der Waals surface area contributed by atoms with E-state index >= 15 is 0 Å². The van der Waals surface area contributed by atoms with Gasteiger partial charge in [-0.15, -0.1) is 0 Å². The molecule has 9 heteroatoms. The van der Waals surface area contributed by atoms with Gasteiger partial charge in [0.25, 0.3) is 0 Å². The molecule has 0 radical (unpaired) electrons. The second-order valence-electron chi connectivity index (χ2n) is 7.54. The first-order chi connectivity index (χ1) is 12.6. The van der Waals surface area contributed by atoms with Crippen LogP contribution in [-0.2, 0) is 19.0 Å². The summed E-state index contributed by atoms with van der Waals surface area (Å²) in [5.74, 6) is -0.0716. The molecule has 0 saturated carbocycles. The van der Waals surface area contributed by atoms with E-state index in [4.69, 9.17) is 14.2 Å². The van der Waals surface area contributed by atoms with Crippen LogP contribution in [0.25, 0.3) is 0 Å². The molecule has 0 rings (SSSR count). The summed E-state index contributed by atoms with van der Waals surface area (Å²) in [4.78, 5) is 12.0. The van der Waals surface area contributed by atoms with Crippen molar-refractivity contribution in [2.24, 2.45) is 5.41 Å². The molecular formula is C18H35FI2N2O4. The summed E-state index contributed by atoms with van der Waals surface area (Å²) >= 11 is 4.17. The molecule has 0 aliphatic carbocycles. The van der Waals surface area contributed by atoms with E-state index in [0.717, 1.165) is 6.54 Å². The zero-order valence-corrected chi connectivity index (χ0v) is 21.5. The molecule has 0 fully saturated rings. The maximum Gasteiger partial charge on any atom is 0.236 e. The van der Waals surface area contributed by atoms with Gasteiger partial charge in [0.2, 0.25) is 5.91 Å². The summed E-state index contributed by atoms with van der Waals surface area (Å²) in [6.07, 6.45) is -0.825. The van der Waals surface area contributed by atoms with Crippen LogP contribution >= 0.6 is 45.7 Å². The van der Waals surface area contributed by atoms with Crippen molar-refractivity contribution in [1.82, 2.24) is 6.23 Å². The third-order valence-electron chi connectivity index (χ3n) is 3.55. The van der Waals surface area contributed by atoms with Gasteiger partial charge in [-0.2, -0.15) is 0 Å². The highest BCUT2D eigenvalue weighted by atomic mass is 127. The molecule has 0 saturated heterocycles. The van der Waals surface area contributed by atoms with Crippen LogP contribution in [0.1, 0.15) is 41.0 Å².